The van der Waals surface area contributed by atoms with E-state index in [0.717, 1.165) is 6.42 Å². The molecule has 1 saturated carbocycles. The quantitative estimate of drug-likeness (QED) is 0.854. The maximum absolute atomic E-state index is 11.9. The van der Waals surface area contributed by atoms with Gasteiger partial charge in [0.1, 0.15) is 0 Å². The maximum Gasteiger partial charge on any atom is 0.319 e. The Kier molecular flexibility index (Phi) is 4.40. The highest BCUT2D eigenvalue weighted by Gasteiger charge is 2.22. The topological polar surface area (TPSA) is 64.9 Å². The number of benzene rings is 1. The largest absolute Gasteiger partial charge is 0.335 e. The summed E-state index contributed by atoms with van der Waals surface area (Å²) in [6.45, 7) is 2.18. The van der Waals surface area contributed by atoms with Crippen LogP contribution >= 0.6 is 0 Å². The van der Waals surface area contributed by atoms with Crippen LogP contribution in [0.4, 0.5) is 10.5 Å². The van der Waals surface area contributed by atoms with Gasteiger partial charge in [-0.3, -0.25) is 0 Å². The summed E-state index contributed by atoms with van der Waals surface area (Å²) < 4.78 is 0. The Balaban J connectivity index is 1.91. The van der Waals surface area contributed by atoms with Gasteiger partial charge in [0.25, 0.3) is 0 Å². The van der Waals surface area contributed by atoms with Gasteiger partial charge in [-0.05, 0) is 37.0 Å². The van der Waals surface area contributed by atoms with Crippen molar-refractivity contribution in [3.05, 3.63) is 29.8 Å². The van der Waals surface area contributed by atoms with E-state index in [0.29, 0.717) is 17.2 Å². The molecule has 0 aliphatic heterocycles. The van der Waals surface area contributed by atoms with Gasteiger partial charge in [0.05, 0.1) is 11.6 Å². The Bertz CT molecular complexity index is 492. The highest BCUT2D eigenvalue weighted by molar-refractivity contribution is 5.89. The van der Waals surface area contributed by atoms with Crippen LogP contribution in [0.5, 0.6) is 0 Å². The van der Waals surface area contributed by atoms with Gasteiger partial charge < -0.3 is 10.6 Å². The van der Waals surface area contributed by atoms with Gasteiger partial charge in [-0.15, -0.1) is 0 Å². The molecule has 2 unspecified atom stereocenters. The fraction of sp³-hybridized carbons (Fsp3) is 0.467. The molecule has 1 aliphatic carbocycles. The zero-order valence-corrected chi connectivity index (χ0v) is 11.1. The molecule has 0 heterocycles. The molecule has 4 heteroatoms. The minimum Gasteiger partial charge on any atom is -0.335 e. The van der Waals surface area contributed by atoms with Crippen LogP contribution in [0.25, 0.3) is 0 Å². The average molecular weight is 257 g/mol. The number of nitrogens with one attached hydrogen (secondary N) is 2. The normalized spacial score (nSPS) is 22.3. The molecule has 100 valence electrons. The van der Waals surface area contributed by atoms with Crippen molar-refractivity contribution < 1.29 is 4.79 Å². The lowest BCUT2D eigenvalue weighted by molar-refractivity contribution is 0.232. The summed E-state index contributed by atoms with van der Waals surface area (Å²) in [6.07, 6.45) is 4.66. The lowest BCUT2D eigenvalue weighted by Gasteiger charge is -2.29. The first kappa shape index (κ1) is 13.4. The van der Waals surface area contributed by atoms with E-state index < -0.39 is 0 Å². The fourth-order valence-electron chi connectivity index (χ4n) is 2.53. The molecule has 1 fully saturated rings. The Morgan fingerprint density at radius 3 is 2.89 bits per heavy atom. The van der Waals surface area contributed by atoms with Gasteiger partial charge in [0.2, 0.25) is 0 Å². The number of carbonyl (C=O) groups is 1. The van der Waals surface area contributed by atoms with Crippen molar-refractivity contribution in [1.82, 2.24) is 5.32 Å². The van der Waals surface area contributed by atoms with Crippen LogP contribution in [0.15, 0.2) is 24.3 Å². The van der Waals surface area contributed by atoms with Gasteiger partial charge in [-0.2, -0.15) is 5.26 Å². The lowest BCUT2D eigenvalue weighted by atomic mass is 9.86. The molecule has 0 saturated heterocycles. The minimum absolute atomic E-state index is 0.186. The van der Waals surface area contributed by atoms with E-state index in [-0.39, 0.29) is 12.1 Å². The van der Waals surface area contributed by atoms with Crippen molar-refractivity contribution in [1.29, 1.82) is 5.26 Å². The molecule has 1 aromatic carbocycles. The van der Waals surface area contributed by atoms with Crippen molar-refractivity contribution in [3.63, 3.8) is 0 Å². The van der Waals surface area contributed by atoms with Gasteiger partial charge in [0.15, 0.2) is 0 Å². The molecule has 1 aliphatic rings. The molecule has 2 rings (SSSR count). The highest BCUT2D eigenvalue weighted by Crippen LogP contribution is 2.23. The number of urea groups is 1. The standard InChI is InChI=1S/C15H19N3O/c1-11-5-2-3-8-14(11)18-15(19)17-13-7-4-6-12(9-13)10-16/h4,6-7,9,11,14H,2-3,5,8H2,1H3,(H2,17,18,19). The first-order valence-corrected chi connectivity index (χ1v) is 6.76. The number of hydrogen-bond acceptors (Lipinski definition) is 2. The Hall–Kier alpha value is -2.02. The van der Waals surface area contributed by atoms with E-state index in [4.69, 9.17) is 5.26 Å². The molecule has 0 bridgehead atoms. The molecule has 2 amide bonds. The molecule has 19 heavy (non-hydrogen) atoms. The van der Waals surface area contributed by atoms with Crippen molar-refractivity contribution in [2.75, 3.05) is 5.32 Å². The van der Waals surface area contributed by atoms with E-state index >= 15 is 0 Å². The Labute approximate surface area is 113 Å². The number of nitrogens with zero attached hydrogens (tertiary/aromatic N) is 1. The van der Waals surface area contributed by atoms with Gasteiger partial charge in [-0.25, -0.2) is 4.79 Å². The van der Waals surface area contributed by atoms with Gasteiger partial charge in [0, 0.05) is 11.7 Å². The van der Waals surface area contributed by atoms with E-state index in [2.05, 4.69) is 23.6 Å². The Morgan fingerprint density at radius 2 is 2.16 bits per heavy atom. The third kappa shape index (κ3) is 3.72. The van der Waals surface area contributed by atoms with Crippen LogP contribution < -0.4 is 10.6 Å². The fourth-order valence-corrected chi connectivity index (χ4v) is 2.53. The molecule has 1 aromatic rings. The second-order valence-corrected chi connectivity index (χ2v) is 5.16. The van der Waals surface area contributed by atoms with Crippen LogP contribution in [0, 0.1) is 17.2 Å². The predicted molar refractivity (Wildman–Crippen MR) is 74.7 cm³/mol. The smallest absolute Gasteiger partial charge is 0.319 e. The number of rotatable bonds is 2. The number of anilines is 1. The van der Waals surface area contributed by atoms with E-state index in [1.54, 1.807) is 24.3 Å². The van der Waals surface area contributed by atoms with Crippen molar-refractivity contribution in [2.24, 2.45) is 5.92 Å². The number of hydrogen-bond donors (Lipinski definition) is 2. The number of amides is 2. The SMILES string of the molecule is CC1CCCCC1NC(=O)Nc1cccc(C#N)c1. The van der Waals surface area contributed by atoms with Crippen LogP contribution in [0.3, 0.4) is 0 Å². The monoisotopic (exact) mass is 257 g/mol. The predicted octanol–water partition coefficient (Wildman–Crippen LogP) is 3.26. The third-order valence-electron chi connectivity index (χ3n) is 3.68. The molecule has 4 nitrogen and oxygen atoms in total. The third-order valence-corrected chi connectivity index (χ3v) is 3.68. The van der Waals surface area contributed by atoms with Crippen LogP contribution in [0.2, 0.25) is 0 Å². The highest BCUT2D eigenvalue weighted by atomic mass is 16.2. The second kappa shape index (κ2) is 6.24. The van der Waals surface area contributed by atoms with Crippen LogP contribution in [-0.4, -0.2) is 12.1 Å². The molecular formula is C15H19N3O. The molecular weight excluding hydrogens is 238 g/mol. The van der Waals surface area contributed by atoms with E-state index in [9.17, 15) is 4.79 Å². The first-order valence-electron chi connectivity index (χ1n) is 6.76. The zero-order chi connectivity index (χ0) is 13.7. The van der Waals surface area contributed by atoms with Crippen molar-refractivity contribution in [3.8, 4) is 6.07 Å². The summed E-state index contributed by atoms with van der Waals surface area (Å²) >= 11 is 0. The van der Waals surface area contributed by atoms with Gasteiger partial charge in [-0.1, -0.05) is 25.8 Å². The van der Waals surface area contributed by atoms with Crippen molar-refractivity contribution >= 4 is 11.7 Å². The van der Waals surface area contributed by atoms with E-state index in [1.165, 1.54) is 19.3 Å². The molecule has 2 N–H and O–H groups in total. The van der Waals surface area contributed by atoms with E-state index in [1.807, 2.05) is 0 Å². The Morgan fingerprint density at radius 1 is 1.37 bits per heavy atom. The lowest BCUT2D eigenvalue weighted by Crippen LogP contribution is -2.43. The maximum atomic E-state index is 11.9. The number of nitriles is 1. The summed E-state index contributed by atoms with van der Waals surface area (Å²) in [6, 6.07) is 9.06. The number of carbonyl (C=O) groups excluding carboxylic acids is 1. The van der Waals surface area contributed by atoms with Crippen LogP contribution in [-0.2, 0) is 0 Å². The summed E-state index contributed by atoms with van der Waals surface area (Å²) in [7, 11) is 0. The molecule has 2 atom stereocenters. The second-order valence-electron chi connectivity index (χ2n) is 5.16. The molecule has 0 spiro atoms. The summed E-state index contributed by atoms with van der Waals surface area (Å²) in [5, 5.41) is 14.6. The summed E-state index contributed by atoms with van der Waals surface area (Å²) in [4.78, 5) is 11.9. The minimum atomic E-state index is -0.186. The average Bonchev–Trinajstić information content (AvgIpc) is 2.41. The molecule has 0 aromatic heterocycles. The summed E-state index contributed by atoms with van der Waals surface area (Å²) in [5.74, 6) is 0.532. The first-order chi connectivity index (χ1) is 9.19. The van der Waals surface area contributed by atoms with Gasteiger partial charge >= 0.3 is 6.03 Å². The zero-order valence-electron chi connectivity index (χ0n) is 11.1. The molecule has 0 radical (unpaired) electrons. The summed E-state index contributed by atoms with van der Waals surface area (Å²) in [5.41, 5.74) is 1.20. The van der Waals surface area contributed by atoms with Crippen molar-refractivity contribution in [2.45, 2.75) is 38.6 Å². The van der Waals surface area contributed by atoms with Crippen LogP contribution in [0.1, 0.15) is 38.2 Å².